The van der Waals surface area contributed by atoms with Crippen molar-refractivity contribution in [2.24, 2.45) is 10.9 Å². The molecule has 19 heavy (non-hydrogen) atoms. The molecule has 0 spiro atoms. The van der Waals surface area contributed by atoms with Gasteiger partial charge in [0.25, 0.3) is 0 Å². The molecule has 3 N–H and O–H groups in total. The summed E-state index contributed by atoms with van der Waals surface area (Å²) in [7, 11) is 0. The number of benzene rings is 1. The molecule has 0 aliphatic heterocycles. The number of nitrogens with two attached hydrogens (primary N) is 1. The molecule has 0 atom stereocenters. The van der Waals surface area contributed by atoms with Crippen LogP contribution in [0, 0.1) is 0 Å². The van der Waals surface area contributed by atoms with Crippen LogP contribution in [0.15, 0.2) is 52.6 Å². The second-order valence-corrected chi connectivity index (χ2v) is 5.14. The summed E-state index contributed by atoms with van der Waals surface area (Å²) < 4.78 is 0. The smallest absolute Gasteiger partial charge is 0.189 e. The molecular weight excluding hydrogens is 282 g/mol. The first-order valence-corrected chi connectivity index (χ1v) is 6.88. The number of hydrogen-bond donors (Lipinski definition) is 2. The molecule has 1 aromatic carbocycles. The topological polar surface area (TPSA) is 71.5 Å². The minimum Gasteiger partial charge on any atom is -0.409 e. The van der Waals surface area contributed by atoms with E-state index in [9.17, 15) is 0 Å². The van der Waals surface area contributed by atoms with Crippen molar-refractivity contribution in [1.29, 1.82) is 0 Å². The average molecular weight is 294 g/mol. The van der Waals surface area contributed by atoms with E-state index in [4.69, 9.17) is 22.5 Å². The predicted octanol–water partition coefficient (Wildman–Crippen LogP) is 3.12. The quantitative estimate of drug-likeness (QED) is 0.299. The van der Waals surface area contributed by atoms with Crippen LogP contribution in [0.5, 0.6) is 0 Å². The number of oxime groups is 1. The number of pyridine rings is 1. The number of amidine groups is 1. The Balaban J connectivity index is 2.19. The summed E-state index contributed by atoms with van der Waals surface area (Å²) in [6.07, 6.45) is 1.60. The first kappa shape index (κ1) is 13.7. The molecule has 0 fully saturated rings. The van der Waals surface area contributed by atoms with Crippen molar-refractivity contribution in [3.63, 3.8) is 0 Å². The van der Waals surface area contributed by atoms with Crippen molar-refractivity contribution in [3.05, 3.63) is 58.9 Å². The van der Waals surface area contributed by atoms with Crippen LogP contribution in [0.2, 0.25) is 5.02 Å². The van der Waals surface area contributed by atoms with Crippen LogP contribution in [0.1, 0.15) is 11.3 Å². The summed E-state index contributed by atoms with van der Waals surface area (Å²) in [6.45, 7) is 0. The van der Waals surface area contributed by atoms with Gasteiger partial charge in [-0.25, -0.2) is 0 Å². The maximum absolute atomic E-state index is 8.73. The van der Waals surface area contributed by atoms with E-state index in [1.54, 1.807) is 6.20 Å². The minimum absolute atomic E-state index is 0.00209. The Morgan fingerprint density at radius 3 is 2.84 bits per heavy atom. The van der Waals surface area contributed by atoms with Gasteiger partial charge in [-0.15, -0.1) is 11.8 Å². The number of nitrogens with zero attached hydrogens (tertiary/aromatic N) is 2. The van der Waals surface area contributed by atoms with Crippen molar-refractivity contribution >= 4 is 29.2 Å². The third kappa shape index (κ3) is 3.39. The van der Waals surface area contributed by atoms with Crippen LogP contribution in [0.4, 0.5) is 0 Å². The molecule has 0 bridgehead atoms. The Kier molecular flexibility index (Phi) is 4.65. The zero-order chi connectivity index (χ0) is 13.7. The Hall–Kier alpha value is -1.72. The fourth-order valence-corrected chi connectivity index (χ4v) is 2.83. The normalized spacial score (nSPS) is 11.5. The molecule has 1 heterocycles. The van der Waals surface area contributed by atoms with Gasteiger partial charge in [0.15, 0.2) is 5.84 Å². The van der Waals surface area contributed by atoms with Gasteiger partial charge in [0, 0.05) is 21.9 Å². The zero-order valence-electron chi connectivity index (χ0n) is 9.95. The maximum atomic E-state index is 8.73. The number of rotatable bonds is 4. The number of hydrogen-bond acceptors (Lipinski definition) is 4. The van der Waals surface area contributed by atoms with Gasteiger partial charge in [-0.1, -0.05) is 35.0 Å². The van der Waals surface area contributed by atoms with Crippen LogP contribution < -0.4 is 5.73 Å². The first-order chi connectivity index (χ1) is 9.22. The standard InChI is InChI=1S/C13H12ClN3OS/c14-10-5-2-1-4-9(10)8-19-11-6-3-7-16-12(11)13(15)17-18/h1-7,18H,8H2,(H2,15,17). The lowest BCUT2D eigenvalue weighted by Crippen LogP contribution is -2.16. The molecule has 98 valence electrons. The molecule has 0 unspecified atom stereocenters. The average Bonchev–Trinajstić information content (AvgIpc) is 2.46. The van der Waals surface area contributed by atoms with E-state index >= 15 is 0 Å². The Bertz CT molecular complexity index is 604. The van der Waals surface area contributed by atoms with Gasteiger partial charge >= 0.3 is 0 Å². The largest absolute Gasteiger partial charge is 0.409 e. The third-order valence-corrected chi connectivity index (χ3v) is 3.93. The van der Waals surface area contributed by atoms with Gasteiger partial charge in [0.1, 0.15) is 5.69 Å². The van der Waals surface area contributed by atoms with Crippen LogP contribution in [0.3, 0.4) is 0 Å². The van der Waals surface area contributed by atoms with Crippen LogP contribution >= 0.6 is 23.4 Å². The highest BCUT2D eigenvalue weighted by molar-refractivity contribution is 7.98. The van der Waals surface area contributed by atoms with Crippen LogP contribution in [-0.4, -0.2) is 16.0 Å². The van der Waals surface area contributed by atoms with Gasteiger partial charge < -0.3 is 10.9 Å². The van der Waals surface area contributed by atoms with Crippen molar-refractivity contribution < 1.29 is 5.21 Å². The van der Waals surface area contributed by atoms with E-state index in [0.29, 0.717) is 11.4 Å². The van der Waals surface area contributed by atoms with Crippen molar-refractivity contribution in [2.75, 3.05) is 0 Å². The predicted molar refractivity (Wildman–Crippen MR) is 77.8 cm³/mol. The van der Waals surface area contributed by atoms with E-state index in [0.717, 1.165) is 15.5 Å². The highest BCUT2D eigenvalue weighted by Gasteiger charge is 2.09. The van der Waals surface area contributed by atoms with E-state index in [-0.39, 0.29) is 5.84 Å². The molecule has 0 amide bonds. The van der Waals surface area contributed by atoms with Crippen LogP contribution in [-0.2, 0) is 5.75 Å². The lowest BCUT2D eigenvalue weighted by atomic mass is 10.2. The van der Waals surface area contributed by atoms with Gasteiger partial charge in [-0.3, -0.25) is 4.98 Å². The minimum atomic E-state index is 0.00209. The lowest BCUT2D eigenvalue weighted by molar-refractivity contribution is 0.318. The van der Waals surface area contributed by atoms with E-state index in [2.05, 4.69) is 10.1 Å². The summed E-state index contributed by atoms with van der Waals surface area (Å²) >= 11 is 7.64. The molecule has 0 aliphatic carbocycles. The number of thioether (sulfide) groups is 1. The fraction of sp³-hybridized carbons (Fsp3) is 0.0769. The molecule has 0 saturated heterocycles. The monoisotopic (exact) mass is 293 g/mol. The SMILES string of the molecule is N/C(=N/O)c1ncccc1SCc1ccccc1Cl. The van der Waals surface area contributed by atoms with Gasteiger partial charge in [-0.05, 0) is 23.8 Å². The Morgan fingerprint density at radius 2 is 2.11 bits per heavy atom. The molecule has 0 aliphatic rings. The summed E-state index contributed by atoms with van der Waals surface area (Å²) in [5.41, 5.74) is 7.10. The molecule has 2 aromatic rings. The number of aromatic nitrogens is 1. The third-order valence-electron chi connectivity index (χ3n) is 2.46. The summed E-state index contributed by atoms with van der Waals surface area (Å²) in [5, 5.41) is 12.4. The van der Waals surface area contributed by atoms with Gasteiger partial charge in [0.2, 0.25) is 0 Å². The number of halogens is 1. The molecular formula is C13H12ClN3OS. The van der Waals surface area contributed by atoms with Crippen LogP contribution in [0.25, 0.3) is 0 Å². The van der Waals surface area contributed by atoms with Crippen molar-refractivity contribution in [3.8, 4) is 0 Å². The second-order valence-electron chi connectivity index (χ2n) is 3.72. The molecule has 6 heteroatoms. The zero-order valence-corrected chi connectivity index (χ0v) is 11.5. The van der Waals surface area contributed by atoms with E-state index in [1.165, 1.54) is 11.8 Å². The highest BCUT2D eigenvalue weighted by atomic mass is 35.5. The maximum Gasteiger partial charge on any atom is 0.189 e. The molecule has 0 radical (unpaired) electrons. The summed E-state index contributed by atoms with van der Waals surface area (Å²) in [5.74, 6) is 0.694. The molecule has 0 saturated carbocycles. The van der Waals surface area contributed by atoms with E-state index < -0.39 is 0 Å². The van der Waals surface area contributed by atoms with Gasteiger partial charge in [-0.2, -0.15) is 0 Å². The summed E-state index contributed by atoms with van der Waals surface area (Å²) in [6, 6.07) is 11.3. The lowest BCUT2D eigenvalue weighted by Gasteiger charge is -2.07. The van der Waals surface area contributed by atoms with Crippen molar-refractivity contribution in [2.45, 2.75) is 10.6 Å². The van der Waals surface area contributed by atoms with E-state index in [1.807, 2.05) is 36.4 Å². The fourth-order valence-electron chi connectivity index (χ4n) is 1.52. The highest BCUT2D eigenvalue weighted by Crippen LogP contribution is 2.28. The molecule has 4 nitrogen and oxygen atoms in total. The second kappa shape index (κ2) is 6.45. The molecule has 2 rings (SSSR count). The van der Waals surface area contributed by atoms with Crippen molar-refractivity contribution in [1.82, 2.24) is 4.98 Å². The summed E-state index contributed by atoms with van der Waals surface area (Å²) in [4.78, 5) is 4.96. The Labute approximate surface area is 120 Å². The molecule has 1 aromatic heterocycles. The Morgan fingerprint density at radius 1 is 1.32 bits per heavy atom. The van der Waals surface area contributed by atoms with Gasteiger partial charge in [0.05, 0.1) is 0 Å². The first-order valence-electron chi connectivity index (χ1n) is 5.51.